The number of rotatable bonds is 7. The molecule has 0 saturated heterocycles. The van der Waals surface area contributed by atoms with Gasteiger partial charge in [0.25, 0.3) is 11.1 Å². The number of para-hydroxylation sites is 1. The number of hydrogen-bond acceptors (Lipinski definition) is 6. The molecule has 140 valence electrons. The number of nitrogens with zero attached hydrogens (tertiary/aromatic N) is 2. The molecular formula is C19H18FN3O3S. The summed E-state index contributed by atoms with van der Waals surface area (Å²) in [7, 11) is 0. The minimum Gasteiger partial charge on any atom is -0.478 e. The zero-order valence-corrected chi connectivity index (χ0v) is 15.6. The molecule has 6 nitrogen and oxygen atoms in total. The topological polar surface area (TPSA) is 77.2 Å². The van der Waals surface area contributed by atoms with E-state index >= 15 is 0 Å². The third-order valence-corrected chi connectivity index (χ3v) is 4.36. The molecule has 0 unspecified atom stereocenters. The number of anilines is 1. The molecule has 2 aromatic carbocycles. The van der Waals surface area contributed by atoms with E-state index in [0.717, 1.165) is 23.0 Å². The second-order valence-electron chi connectivity index (χ2n) is 5.80. The van der Waals surface area contributed by atoms with E-state index < -0.39 is 11.9 Å². The second-order valence-corrected chi connectivity index (χ2v) is 6.73. The van der Waals surface area contributed by atoms with Crippen molar-refractivity contribution in [3.8, 4) is 5.75 Å². The van der Waals surface area contributed by atoms with Crippen LogP contribution in [0, 0.1) is 12.7 Å². The van der Waals surface area contributed by atoms with Crippen molar-refractivity contribution in [3.05, 3.63) is 65.8 Å². The van der Waals surface area contributed by atoms with Gasteiger partial charge in [-0.15, -0.1) is 10.2 Å². The van der Waals surface area contributed by atoms with Crippen LogP contribution >= 0.6 is 11.8 Å². The first-order chi connectivity index (χ1) is 13.0. The number of amides is 1. The molecule has 3 rings (SSSR count). The Bertz CT molecular complexity index is 932. The lowest BCUT2D eigenvalue weighted by atomic mass is 10.2. The molecular weight excluding hydrogens is 369 g/mol. The molecule has 0 aliphatic heterocycles. The number of nitrogens with one attached hydrogen (secondary N) is 1. The molecule has 0 radical (unpaired) electrons. The Morgan fingerprint density at radius 2 is 2.07 bits per heavy atom. The number of halogens is 1. The predicted molar refractivity (Wildman–Crippen MR) is 100 cm³/mol. The molecule has 0 aliphatic carbocycles. The smallest absolute Gasteiger partial charge is 0.277 e. The highest BCUT2D eigenvalue weighted by Gasteiger charge is 2.18. The SMILES string of the molecule is Cc1cccc(NC(=O)CSc2nnc([C@@H](C)Oc3ccccc3F)o2)c1. The summed E-state index contributed by atoms with van der Waals surface area (Å²) < 4.78 is 24.6. The van der Waals surface area contributed by atoms with Crippen LogP contribution in [-0.2, 0) is 4.79 Å². The predicted octanol–water partition coefficient (Wildman–Crippen LogP) is 4.39. The Hall–Kier alpha value is -2.87. The summed E-state index contributed by atoms with van der Waals surface area (Å²) in [5.74, 6) is -0.208. The van der Waals surface area contributed by atoms with E-state index in [1.54, 1.807) is 19.1 Å². The third-order valence-electron chi connectivity index (χ3n) is 3.54. The number of ether oxygens (including phenoxy) is 1. The number of aromatic nitrogens is 2. The molecule has 1 aromatic heterocycles. The first kappa shape index (κ1) is 18.9. The average Bonchev–Trinajstić information content (AvgIpc) is 3.11. The summed E-state index contributed by atoms with van der Waals surface area (Å²) in [4.78, 5) is 12.0. The van der Waals surface area contributed by atoms with Gasteiger partial charge < -0.3 is 14.5 Å². The summed E-state index contributed by atoms with van der Waals surface area (Å²) in [6, 6.07) is 13.6. The lowest BCUT2D eigenvalue weighted by Crippen LogP contribution is -2.13. The highest BCUT2D eigenvalue weighted by molar-refractivity contribution is 7.99. The third kappa shape index (κ3) is 5.30. The Morgan fingerprint density at radius 3 is 2.85 bits per heavy atom. The van der Waals surface area contributed by atoms with Crippen LogP contribution in [0.5, 0.6) is 5.75 Å². The lowest BCUT2D eigenvalue weighted by Gasteiger charge is -2.11. The zero-order valence-electron chi connectivity index (χ0n) is 14.8. The summed E-state index contributed by atoms with van der Waals surface area (Å²) >= 11 is 1.12. The van der Waals surface area contributed by atoms with Gasteiger partial charge in [0.15, 0.2) is 17.7 Å². The highest BCUT2D eigenvalue weighted by atomic mass is 32.2. The molecule has 1 atom stereocenters. The van der Waals surface area contributed by atoms with Gasteiger partial charge >= 0.3 is 0 Å². The Kier molecular flexibility index (Phi) is 6.08. The van der Waals surface area contributed by atoms with Gasteiger partial charge in [0, 0.05) is 5.69 Å². The molecule has 0 fully saturated rings. The molecule has 8 heteroatoms. The molecule has 1 N–H and O–H groups in total. The molecule has 0 saturated carbocycles. The van der Waals surface area contributed by atoms with Gasteiger partial charge in [-0.3, -0.25) is 4.79 Å². The number of benzene rings is 2. The van der Waals surface area contributed by atoms with Crippen molar-refractivity contribution in [1.82, 2.24) is 10.2 Å². The largest absolute Gasteiger partial charge is 0.478 e. The van der Waals surface area contributed by atoms with Crippen LogP contribution in [-0.4, -0.2) is 21.9 Å². The summed E-state index contributed by atoms with van der Waals surface area (Å²) in [5.41, 5.74) is 1.80. The van der Waals surface area contributed by atoms with Crippen molar-refractivity contribution >= 4 is 23.4 Å². The molecule has 0 aliphatic rings. The van der Waals surface area contributed by atoms with Gasteiger partial charge in [0.2, 0.25) is 5.91 Å². The number of carbonyl (C=O) groups is 1. The maximum absolute atomic E-state index is 13.6. The Balaban J connectivity index is 1.53. The molecule has 0 bridgehead atoms. The molecule has 3 aromatic rings. The number of thioether (sulfide) groups is 1. The van der Waals surface area contributed by atoms with Crippen LogP contribution in [0.15, 0.2) is 58.2 Å². The van der Waals surface area contributed by atoms with E-state index in [0.29, 0.717) is 0 Å². The van der Waals surface area contributed by atoms with Crippen LogP contribution in [0.2, 0.25) is 0 Å². The van der Waals surface area contributed by atoms with Crippen molar-refractivity contribution < 1.29 is 18.3 Å². The standard InChI is InChI=1S/C19H18FN3O3S/c1-12-6-5-7-14(10-12)21-17(24)11-27-19-23-22-18(26-19)13(2)25-16-9-4-3-8-15(16)20/h3-10,13H,11H2,1-2H3,(H,21,24)/t13-/m1/s1. The van der Waals surface area contributed by atoms with E-state index in [1.165, 1.54) is 12.1 Å². The first-order valence-corrected chi connectivity index (χ1v) is 9.24. The average molecular weight is 387 g/mol. The van der Waals surface area contributed by atoms with Gasteiger partial charge in [-0.2, -0.15) is 0 Å². The second kappa shape index (κ2) is 8.68. The van der Waals surface area contributed by atoms with Gasteiger partial charge in [-0.25, -0.2) is 4.39 Å². The van der Waals surface area contributed by atoms with Crippen molar-refractivity contribution in [2.45, 2.75) is 25.2 Å². The monoisotopic (exact) mass is 387 g/mol. The molecule has 0 spiro atoms. The van der Waals surface area contributed by atoms with E-state index in [2.05, 4.69) is 15.5 Å². The first-order valence-electron chi connectivity index (χ1n) is 8.25. The maximum atomic E-state index is 13.6. The van der Waals surface area contributed by atoms with Crippen LogP contribution < -0.4 is 10.1 Å². The van der Waals surface area contributed by atoms with Gasteiger partial charge in [0.1, 0.15) is 0 Å². The zero-order chi connectivity index (χ0) is 19.2. The van der Waals surface area contributed by atoms with E-state index in [4.69, 9.17) is 9.15 Å². The van der Waals surface area contributed by atoms with Crippen molar-refractivity contribution in [1.29, 1.82) is 0 Å². The number of hydrogen-bond donors (Lipinski definition) is 1. The fraction of sp³-hybridized carbons (Fsp3) is 0.211. The van der Waals surface area contributed by atoms with Gasteiger partial charge in [-0.1, -0.05) is 36.0 Å². The minimum absolute atomic E-state index is 0.106. The summed E-state index contributed by atoms with van der Waals surface area (Å²) in [6.45, 7) is 3.63. The summed E-state index contributed by atoms with van der Waals surface area (Å²) in [5, 5.41) is 10.8. The molecule has 27 heavy (non-hydrogen) atoms. The Labute approximate surface area is 160 Å². The molecule has 1 amide bonds. The highest BCUT2D eigenvalue weighted by Crippen LogP contribution is 2.25. The normalized spacial score (nSPS) is 11.8. The minimum atomic E-state index is -0.620. The van der Waals surface area contributed by atoms with Crippen LogP contribution in [0.4, 0.5) is 10.1 Å². The number of carbonyl (C=O) groups excluding carboxylic acids is 1. The van der Waals surface area contributed by atoms with Crippen LogP contribution in [0.25, 0.3) is 0 Å². The van der Waals surface area contributed by atoms with Crippen LogP contribution in [0.1, 0.15) is 24.5 Å². The van der Waals surface area contributed by atoms with Gasteiger partial charge in [0.05, 0.1) is 5.75 Å². The quantitative estimate of drug-likeness (QED) is 0.606. The van der Waals surface area contributed by atoms with Crippen LogP contribution in [0.3, 0.4) is 0 Å². The van der Waals surface area contributed by atoms with E-state index in [9.17, 15) is 9.18 Å². The van der Waals surface area contributed by atoms with Crippen molar-refractivity contribution in [2.24, 2.45) is 0 Å². The fourth-order valence-electron chi connectivity index (χ4n) is 2.27. The summed E-state index contributed by atoms with van der Waals surface area (Å²) in [6.07, 6.45) is -0.620. The lowest BCUT2D eigenvalue weighted by molar-refractivity contribution is -0.113. The van der Waals surface area contributed by atoms with Crippen molar-refractivity contribution in [3.63, 3.8) is 0 Å². The Morgan fingerprint density at radius 1 is 1.26 bits per heavy atom. The van der Waals surface area contributed by atoms with E-state index in [1.807, 2.05) is 31.2 Å². The maximum Gasteiger partial charge on any atom is 0.277 e. The van der Waals surface area contributed by atoms with Crippen molar-refractivity contribution in [2.75, 3.05) is 11.1 Å². The number of aryl methyl sites for hydroxylation is 1. The van der Waals surface area contributed by atoms with E-state index in [-0.39, 0.29) is 28.5 Å². The fourth-order valence-corrected chi connectivity index (χ4v) is 2.84. The molecule has 1 heterocycles. The van der Waals surface area contributed by atoms with Gasteiger partial charge in [-0.05, 0) is 43.7 Å².